The van der Waals surface area contributed by atoms with Gasteiger partial charge in [-0.25, -0.2) is 0 Å². The molecule has 0 aliphatic carbocycles. The zero-order chi connectivity index (χ0) is 18.2. The molecule has 134 valence electrons. The van der Waals surface area contributed by atoms with E-state index in [9.17, 15) is 4.79 Å². The average Bonchev–Trinajstić information content (AvgIpc) is 3.09. The maximum Gasteiger partial charge on any atom is 0.223 e. The number of carbonyl (C=O) groups is 1. The van der Waals surface area contributed by atoms with Gasteiger partial charge in [0.1, 0.15) is 12.2 Å². The second-order valence-electron chi connectivity index (χ2n) is 6.27. The third kappa shape index (κ3) is 4.99. The highest BCUT2D eigenvalue weighted by atomic mass is 16.2. The van der Waals surface area contributed by atoms with Crippen molar-refractivity contribution in [2.24, 2.45) is 7.05 Å². The molecule has 0 unspecified atom stereocenters. The topological polar surface area (TPSA) is 63.9 Å². The molecule has 3 rings (SSSR count). The molecule has 6 nitrogen and oxygen atoms in total. The molecule has 0 fully saturated rings. The van der Waals surface area contributed by atoms with E-state index in [1.165, 1.54) is 5.56 Å². The number of carbonyl (C=O) groups excluding carboxylic acids is 1. The number of rotatable bonds is 8. The fourth-order valence-corrected chi connectivity index (χ4v) is 2.82. The maximum absolute atomic E-state index is 12.8. The lowest BCUT2D eigenvalue weighted by molar-refractivity contribution is -0.131. The van der Waals surface area contributed by atoms with E-state index in [-0.39, 0.29) is 5.91 Å². The number of aryl methyl sites for hydroxylation is 2. The van der Waals surface area contributed by atoms with Crippen LogP contribution in [0.4, 0.5) is 0 Å². The van der Waals surface area contributed by atoms with Gasteiger partial charge in [0.2, 0.25) is 5.91 Å². The quantitative estimate of drug-likeness (QED) is 0.626. The van der Waals surface area contributed by atoms with E-state index in [0.717, 1.165) is 17.8 Å². The van der Waals surface area contributed by atoms with Gasteiger partial charge in [0.25, 0.3) is 0 Å². The SMILES string of the molecule is Cn1cnnc1CCC(=O)N(CCc1ccccc1)Cc1cccnc1. The molecule has 1 amide bonds. The smallest absolute Gasteiger partial charge is 0.223 e. The van der Waals surface area contributed by atoms with Crippen molar-refractivity contribution >= 4 is 5.91 Å². The molecule has 0 bridgehead atoms. The van der Waals surface area contributed by atoms with Crippen LogP contribution in [-0.4, -0.2) is 37.1 Å². The average molecular weight is 349 g/mol. The Bertz CT molecular complexity index is 816. The van der Waals surface area contributed by atoms with Crippen LogP contribution in [0, 0.1) is 0 Å². The Morgan fingerprint density at radius 1 is 1.08 bits per heavy atom. The van der Waals surface area contributed by atoms with Crippen molar-refractivity contribution in [3.05, 3.63) is 78.1 Å². The van der Waals surface area contributed by atoms with Gasteiger partial charge in [0.05, 0.1) is 0 Å². The molecule has 6 heteroatoms. The van der Waals surface area contributed by atoms with Crippen molar-refractivity contribution in [1.82, 2.24) is 24.6 Å². The number of hydrogen-bond acceptors (Lipinski definition) is 4. The van der Waals surface area contributed by atoms with Gasteiger partial charge in [-0.1, -0.05) is 36.4 Å². The Kier molecular flexibility index (Phi) is 6.09. The standard InChI is InChI=1S/C20H23N5O/c1-24-16-22-23-19(24)9-10-20(26)25(15-18-8-5-12-21-14-18)13-11-17-6-3-2-4-7-17/h2-8,12,14,16H,9-11,13,15H2,1H3. The van der Waals surface area contributed by atoms with Crippen molar-refractivity contribution in [3.8, 4) is 0 Å². The normalized spacial score (nSPS) is 10.7. The van der Waals surface area contributed by atoms with Gasteiger partial charge >= 0.3 is 0 Å². The Hall–Kier alpha value is -3.02. The largest absolute Gasteiger partial charge is 0.338 e. The van der Waals surface area contributed by atoms with Crippen molar-refractivity contribution in [3.63, 3.8) is 0 Å². The van der Waals surface area contributed by atoms with Gasteiger partial charge < -0.3 is 9.47 Å². The van der Waals surface area contributed by atoms with Crippen LogP contribution in [0.1, 0.15) is 23.4 Å². The van der Waals surface area contributed by atoms with Gasteiger partial charge in [0.15, 0.2) is 0 Å². The molecule has 0 saturated heterocycles. The fourth-order valence-electron chi connectivity index (χ4n) is 2.82. The van der Waals surface area contributed by atoms with E-state index < -0.39 is 0 Å². The van der Waals surface area contributed by atoms with Crippen molar-refractivity contribution in [1.29, 1.82) is 0 Å². The van der Waals surface area contributed by atoms with Crippen LogP contribution < -0.4 is 0 Å². The van der Waals surface area contributed by atoms with E-state index in [2.05, 4.69) is 27.3 Å². The molecule has 2 aromatic heterocycles. The Balaban J connectivity index is 1.64. The van der Waals surface area contributed by atoms with Crippen LogP contribution >= 0.6 is 0 Å². The summed E-state index contributed by atoms with van der Waals surface area (Å²) in [5.74, 6) is 0.940. The molecular weight excluding hydrogens is 326 g/mol. The van der Waals surface area contributed by atoms with Gasteiger partial charge in [0, 0.05) is 45.4 Å². The summed E-state index contributed by atoms with van der Waals surface area (Å²) < 4.78 is 1.85. The first kappa shape index (κ1) is 17.8. The second kappa shape index (κ2) is 8.89. The van der Waals surface area contributed by atoms with Gasteiger partial charge in [-0.05, 0) is 23.6 Å². The Morgan fingerprint density at radius 3 is 2.58 bits per heavy atom. The summed E-state index contributed by atoms with van der Waals surface area (Å²) in [7, 11) is 1.89. The Labute approximate surface area is 153 Å². The van der Waals surface area contributed by atoms with E-state index in [0.29, 0.717) is 25.9 Å². The first-order chi connectivity index (χ1) is 12.7. The lowest BCUT2D eigenvalue weighted by Gasteiger charge is -2.23. The predicted molar refractivity (Wildman–Crippen MR) is 99.1 cm³/mol. The minimum absolute atomic E-state index is 0.118. The first-order valence-corrected chi connectivity index (χ1v) is 8.76. The third-order valence-electron chi connectivity index (χ3n) is 4.33. The molecule has 2 heterocycles. The molecule has 0 spiro atoms. The summed E-state index contributed by atoms with van der Waals surface area (Å²) in [5.41, 5.74) is 2.26. The lowest BCUT2D eigenvalue weighted by Crippen LogP contribution is -2.32. The zero-order valence-corrected chi connectivity index (χ0v) is 15.0. The number of hydrogen-bond donors (Lipinski definition) is 0. The molecule has 3 aromatic rings. The minimum Gasteiger partial charge on any atom is -0.338 e. The summed E-state index contributed by atoms with van der Waals surface area (Å²) in [6.07, 6.45) is 7.05. The third-order valence-corrected chi connectivity index (χ3v) is 4.33. The van der Waals surface area contributed by atoms with Crippen LogP contribution in [0.3, 0.4) is 0 Å². The molecule has 0 aliphatic rings. The van der Waals surface area contributed by atoms with E-state index >= 15 is 0 Å². The molecule has 0 aliphatic heterocycles. The number of aromatic nitrogens is 4. The van der Waals surface area contributed by atoms with Gasteiger partial charge in [-0.2, -0.15) is 0 Å². The van der Waals surface area contributed by atoms with Crippen LogP contribution in [0.5, 0.6) is 0 Å². The summed E-state index contributed by atoms with van der Waals surface area (Å²) in [4.78, 5) is 18.9. The van der Waals surface area contributed by atoms with E-state index in [4.69, 9.17) is 0 Å². The van der Waals surface area contributed by atoms with Crippen molar-refractivity contribution in [2.75, 3.05) is 6.54 Å². The van der Waals surface area contributed by atoms with Crippen molar-refractivity contribution < 1.29 is 4.79 Å². The molecule has 1 aromatic carbocycles. The van der Waals surface area contributed by atoms with Crippen LogP contribution in [0.2, 0.25) is 0 Å². The highest BCUT2D eigenvalue weighted by molar-refractivity contribution is 5.76. The zero-order valence-electron chi connectivity index (χ0n) is 15.0. The highest BCUT2D eigenvalue weighted by Gasteiger charge is 2.15. The molecule has 26 heavy (non-hydrogen) atoms. The van der Waals surface area contributed by atoms with Gasteiger partial charge in [-0.15, -0.1) is 10.2 Å². The van der Waals surface area contributed by atoms with Gasteiger partial charge in [-0.3, -0.25) is 9.78 Å². The molecule has 0 radical (unpaired) electrons. The Morgan fingerprint density at radius 2 is 1.88 bits per heavy atom. The summed E-state index contributed by atoms with van der Waals surface area (Å²) in [6.45, 7) is 1.24. The number of benzene rings is 1. The first-order valence-electron chi connectivity index (χ1n) is 8.76. The number of pyridine rings is 1. The predicted octanol–water partition coefficient (Wildman–Crippen LogP) is 2.41. The summed E-state index contributed by atoms with van der Waals surface area (Å²) in [5, 5.41) is 7.92. The summed E-state index contributed by atoms with van der Waals surface area (Å²) in [6, 6.07) is 14.1. The molecule has 0 N–H and O–H groups in total. The fraction of sp³-hybridized carbons (Fsp3) is 0.300. The van der Waals surface area contributed by atoms with Crippen LogP contribution in [0.25, 0.3) is 0 Å². The minimum atomic E-state index is 0.118. The molecule has 0 atom stereocenters. The van der Waals surface area contributed by atoms with Crippen LogP contribution in [0.15, 0.2) is 61.2 Å². The highest BCUT2D eigenvalue weighted by Crippen LogP contribution is 2.09. The van der Waals surface area contributed by atoms with Crippen LogP contribution in [-0.2, 0) is 31.2 Å². The maximum atomic E-state index is 12.8. The van der Waals surface area contributed by atoms with E-state index in [1.807, 2.05) is 53.0 Å². The van der Waals surface area contributed by atoms with Crippen molar-refractivity contribution in [2.45, 2.75) is 25.8 Å². The number of nitrogens with zero attached hydrogens (tertiary/aromatic N) is 5. The molecular formula is C20H23N5O. The monoisotopic (exact) mass is 349 g/mol. The summed E-state index contributed by atoms with van der Waals surface area (Å²) >= 11 is 0. The lowest BCUT2D eigenvalue weighted by atomic mass is 10.1. The second-order valence-corrected chi connectivity index (χ2v) is 6.27. The van der Waals surface area contributed by atoms with E-state index in [1.54, 1.807) is 12.5 Å². The molecule has 0 saturated carbocycles. The number of amides is 1.